The summed E-state index contributed by atoms with van der Waals surface area (Å²) in [6.07, 6.45) is 5.82. The minimum atomic E-state index is -0.310. The summed E-state index contributed by atoms with van der Waals surface area (Å²) in [6.45, 7) is 8.32. The summed E-state index contributed by atoms with van der Waals surface area (Å²) in [5.41, 5.74) is 0. The highest BCUT2D eigenvalue weighted by atomic mass is 28.3. The Morgan fingerprint density at radius 2 is 1.77 bits per heavy atom. The lowest BCUT2D eigenvalue weighted by atomic mass is 10.7. The number of H-pyrrole nitrogens is 1. The van der Waals surface area contributed by atoms with Crippen LogP contribution < -0.4 is 0 Å². The van der Waals surface area contributed by atoms with Gasteiger partial charge in [0.15, 0.2) is 0 Å². The summed E-state index contributed by atoms with van der Waals surface area (Å²) in [4.78, 5) is 2.86. The average molecular weight is 195 g/mol. The standard InChI is InChI=1S/C7H16Si.C4H5N/c1-4-7-8(5-2)6-3;1-2-4-5-3-1/h4,8H,1,5-7H2,2-3H3;1-5H. The molecule has 13 heavy (non-hydrogen) atoms. The highest BCUT2D eigenvalue weighted by Gasteiger charge is 1.99. The van der Waals surface area contributed by atoms with Crippen molar-refractivity contribution in [3.63, 3.8) is 0 Å². The molecule has 0 fully saturated rings. The molecule has 0 spiro atoms. The van der Waals surface area contributed by atoms with E-state index in [4.69, 9.17) is 0 Å². The molecule has 0 aliphatic heterocycles. The fraction of sp³-hybridized carbons (Fsp3) is 0.455. The molecule has 0 aliphatic carbocycles. The van der Waals surface area contributed by atoms with Gasteiger partial charge >= 0.3 is 0 Å². The van der Waals surface area contributed by atoms with Crippen LogP contribution in [0.1, 0.15) is 13.8 Å². The van der Waals surface area contributed by atoms with E-state index >= 15 is 0 Å². The monoisotopic (exact) mass is 195 g/mol. The van der Waals surface area contributed by atoms with E-state index in [0.717, 1.165) is 0 Å². The Morgan fingerprint density at radius 1 is 1.23 bits per heavy atom. The van der Waals surface area contributed by atoms with Crippen molar-refractivity contribution < 1.29 is 0 Å². The van der Waals surface area contributed by atoms with E-state index in [1.54, 1.807) is 0 Å². The maximum atomic E-state index is 3.73. The van der Waals surface area contributed by atoms with Crippen LogP contribution in [0.25, 0.3) is 0 Å². The Kier molecular flexibility index (Phi) is 8.78. The van der Waals surface area contributed by atoms with Crippen molar-refractivity contribution in [1.82, 2.24) is 4.98 Å². The van der Waals surface area contributed by atoms with Crippen molar-refractivity contribution in [3.8, 4) is 0 Å². The Hall–Kier alpha value is -0.763. The normalized spacial score (nSPS) is 9.15. The summed E-state index contributed by atoms with van der Waals surface area (Å²) in [5.74, 6) is 0. The van der Waals surface area contributed by atoms with E-state index < -0.39 is 0 Å². The van der Waals surface area contributed by atoms with Crippen LogP contribution >= 0.6 is 0 Å². The lowest BCUT2D eigenvalue weighted by Crippen LogP contribution is -2.05. The number of rotatable bonds is 4. The van der Waals surface area contributed by atoms with Gasteiger partial charge in [-0.2, -0.15) is 0 Å². The molecule has 1 aromatic heterocycles. The SMILES string of the molecule is C=CC[SiH](CC)CC.c1cc[nH]c1. The minimum Gasteiger partial charge on any atom is -0.368 e. The second-order valence-corrected chi connectivity index (χ2v) is 6.93. The molecule has 2 heteroatoms. The smallest absolute Gasteiger partial charge is 0.0400 e. The third-order valence-electron chi connectivity index (χ3n) is 2.15. The van der Waals surface area contributed by atoms with Crippen LogP contribution in [0.4, 0.5) is 0 Å². The van der Waals surface area contributed by atoms with Gasteiger partial charge in [0.25, 0.3) is 0 Å². The number of hydrogen-bond acceptors (Lipinski definition) is 0. The maximum absolute atomic E-state index is 3.73. The zero-order chi connectivity index (χ0) is 9.94. The van der Waals surface area contributed by atoms with Crippen molar-refractivity contribution in [3.05, 3.63) is 37.2 Å². The molecule has 1 aromatic rings. The Balaban J connectivity index is 0.000000243. The summed E-state index contributed by atoms with van der Waals surface area (Å²) in [7, 11) is -0.310. The van der Waals surface area contributed by atoms with Crippen LogP contribution in [0.2, 0.25) is 18.1 Å². The van der Waals surface area contributed by atoms with E-state index in [2.05, 4.69) is 31.5 Å². The molecule has 1 N–H and O–H groups in total. The first-order valence-electron chi connectivity index (χ1n) is 5.03. The van der Waals surface area contributed by atoms with Crippen molar-refractivity contribution in [1.29, 1.82) is 0 Å². The van der Waals surface area contributed by atoms with E-state index in [1.807, 2.05) is 24.5 Å². The van der Waals surface area contributed by atoms with Gasteiger partial charge in [-0.1, -0.05) is 32.0 Å². The van der Waals surface area contributed by atoms with Gasteiger partial charge in [-0.05, 0) is 18.2 Å². The second kappa shape index (κ2) is 9.33. The van der Waals surface area contributed by atoms with Crippen LogP contribution in [0, 0.1) is 0 Å². The Labute approximate surface area is 83.5 Å². The highest BCUT2D eigenvalue weighted by molar-refractivity contribution is 6.59. The van der Waals surface area contributed by atoms with Gasteiger partial charge in [-0.25, -0.2) is 0 Å². The van der Waals surface area contributed by atoms with Crippen molar-refractivity contribution in [2.45, 2.75) is 32.0 Å². The predicted octanol–water partition coefficient (Wildman–Crippen LogP) is 3.45. The van der Waals surface area contributed by atoms with Gasteiger partial charge in [0.1, 0.15) is 0 Å². The molecule has 0 radical (unpaired) electrons. The highest BCUT2D eigenvalue weighted by Crippen LogP contribution is 2.03. The third-order valence-corrected chi connectivity index (χ3v) is 5.46. The van der Waals surface area contributed by atoms with Crippen LogP contribution in [0.5, 0.6) is 0 Å². The maximum Gasteiger partial charge on any atom is 0.0400 e. The molecule has 0 unspecified atom stereocenters. The first-order chi connectivity index (χ1) is 6.35. The molecule has 1 nitrogen and oxygen atoms in total. The molecule has 0 saturated carbocycles. The van der Waals surface area contributed by atoms with E-state index in [-0.39, 0.29) is 8.80 Å². The first kappa shape index (κ1) is 12.2. The van der Waals surface area contributed by atoms with Crippen molar-refractivity contribution in [2.75, 3.05) is 0 Å². The van der Waals surface area contributed by atoms with E-state index in [0.29, 0.717) is 0 Å². The van der Waals surface area contributed by atoms with Crippen LogP contribution in [-0.2, 0) is 0 Å². The van der Waals surface area contributed by atoms with Gasteiger partial charge in [0.05, 0.1) is 0 Å². The summed E-state index contributed by atoms with van der Waals surface area (Å²) < 4.78 is 0. The van der Waals surface area contributed by atoms with Gasteiger partial charge < -0.3 is 4.98 Å². The first-order valence-corrected chi connectivity index (χ1v) is 7.48. The summed E-state index contributed by atoms with van der Waals surface area (Å²) >= 11 is 0. The third kappa shape index (κ3) is 7.59. The Morgan fingerprint density at radius 3 is 1.92 bits per heavy atom. The summed E-state index contributed by atoms with van der Waals surface area (Å²) in [6, 6.07) is 8.08. The molecule has 1 heterocycles. The molecular formula is C11H21NSi. The quantitative estimate of drug-likeness (QED) is 0.559. The molecule has 1 rings (SSSR count). The zero-order valence-corrected chi connectivity index (χ0v) is 9.95. The van der Waals surface area contributed by atoms with Gasteiger partial charge in [0.2, 0.25) is 0 Å². The van der Waals surface area contributed by atoms with Gasteiger partial charge in [-0.15, -0.1) is 6.58 Å². The molecule has 0 amide bonds. The van der Waals surface area contributed by atoms with Gasteiger partial charge in [-0.3, -0.25) is 0 Å². The number of nitrogens with one attached hydrogen (secondary N) is 1. The van der Waals surface area contributed by atoms with E-state index in [9.17, 15) is 0 Å². The number of hydrogen-bond donors (Lipinski definition) is 1. The molecule has 0 atom stereocenters. The molecule has 0 bridgehead atoms. The topological polar surface area (TPSA) is 15.8 Å². The van der Waals surface area contributed by atoms with Crippen molar-refractivity contribution in [2.24, 2.45) is 0 Å². The largest absolute Gasteiger partial charge is 0.368 e. The van der Waals surface area contributed by atoms with E-state index in [1.165, 1.54) is 18.1 Å². The average Bonchev–Trinajstić information content (AvgIpc) is 2.72. The number of allylic oxidation sites excluding steroid dienone is 1. The number of aromatic nitrogens is 1. The lowest BCUT2D eigenvalue weighted by Gasteiger charge is -2.04. The number of aromatic amines is 1. The fourth-order valence-corrected chi connectivity index (χ4v) is 2.85. The predicted molar refractivity (Wildman–Crippen MR) is 63.9 cm³/mol. The van der Waals surface area contributed by atoms with Gasteiger partial charge in [0, 0.05) is 21.2 Å². The fourth-order valence-electron chi connectivity index (χ4n) is 1.14. The molecule has 0 aromatic carbocycles. The molecule has 74 valence electrons. The molecular weight excluding hydrogens is 174 g/mol. The second-order valence-electron chi connectivity index (χ2n) is 3.09. The summed E-state index contributed by atoms with van der Waals surface area (Å²) in [5, 5.41) is 0. The molecule has 0 saturated heterocycles. The van der Waals surface area contributed by atoms with Crippen LogP contribution in [0.15, 0.2) is 37.2 Å². The van der Waals surface area contributed by atoms with Crippen molar-refractivity contribution >= 4 is 8.80 Å². The Bertz CT molecular complexity index is 161. The minimum absolute atomic E-state index is 0.310. The van der Waals surface area contributed by atoms with Crippen LogP contribution in [0.3, 0.4) is 0 Å². The van der Waals surface area contributed by atoms with Crippen LogP contribution in [-0.4, -0.2) is 13.8 Å². The lowest BCUT2D eigenvalue weighted by molar-refractivity contribution is 1.28. The molecule has 0 aliphatic rings. The zero-order valence-electron chi connectivity index (χ0n) is 8.79.